The molecule has 1 N–H and O–H groups in total. The van der Waals surface area contributed by atoms with Gasteiger partial charge in [0.05, 0.1) is 37.2 Å². The predicted molar refractivity (Wildman–Crippen MR) is 101 cm³/mol. The van der Waals surface area contributed by atoms with Gasteiger partial charge in [-0.3, -0.25) is 4.79 Å². The molecule has 2 aliphatic rings. The number of anilines is 1. The summed E-state index contributed by atoms with van der Waals surface area (Å²) in [7, 11) is 0. The van der Waals surface area contributed by atoms with E-state index in [1.807, 2.05) is 18.7 Å². The van der Waals surface area contributed by atoms with Crippen LogP contribution < -0.4 is 19.7 Å². The summed E-state index contributed by atoms with van der Waals surface area (Å²) < 4.78 is 27.1. The van der Waals surface area contributed by atoms with Crippen LogP contribution in [-0.2, 0) is 6.54 Å². The Kier molecular flexibility index (Phi) is 4.00. The Hall–Kier alpha value is -3.43. The smallest absolute Gasteiger partial charge is 0.257 e. The van der Waals surface area contributed by atoms with Crippen LogP contribution in [0.15, 0.2) is 24.7 Å². The van der Waals surface area contributed by atoms with Crippen molar-refractivity contribution in [3.05, 3.63) is 41.6 Å². The molecule has 0 saturated carbocycles. The van der Waals surface area contributed by atoms with E-state index in [2.05, 4.69) is 15.4 Å². The maximum atomic E-state index is 13.9. The van der Waals surface area contributed by atoms with E-state index in [9.17, 15) is 9.18 Å². The Balaban J connectivity index is 1.70. The van der Waals surface area contributed by atoms with Crippen LogP contribution in [0.25, 0.3) is 5.65 Å². The van der Waals surface area contributed by atoms with Crippen LogP contribution in [0, 0.1) is 5.82 Å². The van der Waals surface area contributed by atoms with Gasteiger partial charge in [0.15, 0.2) is 17.2 Å². The van der Waals surface area contributed by atoms with Crippen LogP contribution in [0.4, 0.5) is 10.2 Å². The lowest BCUT2D eigenvalue weighted by atomic mass is 10.2. The molecule has 5 heterocycles. The highest BCUT2D eigenvalue weighted by atomic mass is 19.1. The Morgan fingerprint density at radius 3 is 2.97 bits per heavy atom. The van der Waals surface area contributed by atoms with Gasteiger partial charge < -0.3 is 19.7 Å². The van der Waals surface area contributed by atoms with Crippen LogP contribution >= 0.6 is 0 Å². The third-order valence-electron chi connectivity index (χ3n) is 5.05. The standard InChI is InChI=1S/C19H19FN6O3/c1-10-8-29-19-12(3-13(20)4-21-19)6-25-11(2)9-28-15-7-26-16(24-17(15)25)14(5-22-26)18(27)23-10/h3-5,7,10-11H,6,8-9H2,1-2H3,(H,23,27). The zero-order valence-corrected chi connectivity index (χ0v) is 15.9. The van der Waals surface area contributed by atoms with Gasteiger partial charge in [0.2, 0.25) is 5.88 Å². The fraction of sp³-hybridized carbons (Fsp3) is 0.368. The highest BCUT2D eigenvalue weighted by molar-refractivity contribution is 6.00. The highest BCUT2D eigenvalue weighted by Crippen LogP contribution is 2.35. The molecule has 5 rings (SSSR count). The quantitative estimate of drug-likeness (QED) is 0.614. The number of aromatic nitrogens is 4. The molecule has 3 aromatic heterocycles. The highest BCUT2D eigenvalue weighted by Gasteiger charge is 2.30. The number of rotatable bonds is 0. The van der Waals surface area contributed by atoms with E-state index >= 15 is 0 Å². The number of hydrogen-bond acceptors (Lipinski definition) is 7. The largest absolute Gasteiger partial charge is 0.486 e. The van der Waals surface area contributed by atoms with Crippen LogP contribution in [0.1, 0.15) is 29.8 Å². The van der Waals surface area contributed by atoms with E-state index in [0.717, 1.165) is 6.20 Å². The van der Waals surface area contributed by atoms with Crippen molar-refractivity contribution >= 4 is 17.4 Å². The van der Waals surface area contributed by atoms with Crippen LogP contribution in [0.2, 0.25) is 0 Å². The van der Waals surface area contributed by atoms with E-state index in [0.29, 0.717) is 47.4 Å². The predicted octanol–water partition coefficient (Wildman–Crippen LogP) is 1.56. The van der Waals surface area contributed by atoms with Gasteiger partial charge in [0.25, 0.3) is 5.91 Å². The molecule has 9 nitrogen and oxygen atoms in total. The minimum absolute atomic E-state index is 0.0298. The molecule has 0 aromatic carbocycles. The zero-order valence-electron chi connectivity index (χ0n) is 15.9. The number of fused-ring (bicyclic) bond motifs is 1. The normalized spacial score (nSPS) is 21.3. The fourth-order valence-corrected chi connectivity index (χ4v) is 3.54. The lowest BCUT2D eigenvalue weighted by Gasteiger charge is -2.35. The van der Waals surface area contributed by atoms with Crippen molar-refractivity contribution < 1.29 is 18.7 Å². The molecule has 29 heavy (non-hydrogen) atoms. The third kappa shape index (κ3) is 3.00. The van der Waals surface area contributed by atoms with E-state index in [1.165, 1.54) is 16.8 Å². The molecule has 0 radical (unpaired) electrons. The lowest BCUT2D eigenvalue weighted by molar-refractivity contribution is 0.0927. The summed E-state index contributed by atoms with van der Waals surface area (Å²) in [5.74, 6) is 0.692. The summed E-state index contributed by atoms with van der Waals surface area (Å²) in [5, 5.41) is 7.11. The number of hydrogen-bond donors (Lipinski definition) is 1. The molecule has 2 aliphatic heterocycles. The average Bonchev–Trinajstić information content (AvgIpc) is 3.10. The lowest BCUT2D eigenvalue weighted by Crippen LogP contribution is -2.41. The van der Waals surface area contributed by atoms with Crippen molar-refractivity contribution in [2.45, 2.75) is 32.5 Å². The average molecular weight is 398 g/mol. The van der Waals surface area contributed by atoms with E-state index in [4.69, 9.17) is 14.5 Å². The maximum absolute atomic E-state index is 13.9. The van der Waals surface area contributed by atoms with Crippen LogP contribution in [0.5, 0.6) is 11.6 Å². The number of carbonyl (C=O) groups excluding carboxylic acids is 1. The van der Waals surface area contributed by atoms with Gasteiger partial charge in [-0.25, -0.2) is 18.9 Å². The molecule has 0 saturated heterocycles. The summed E-state index contributed by atoms with van der Waals surface area (Å²) in [6.45, 7) is 4.77. The first-order chi connectivity index (χ1) is 14.0. The molecule has 0 spiro atoms. The zero-order chi connectivity index (χ0) is 20.1. The molecule has 2 unspecified atom stereocenters. The van der Waals surface area contributed by atoms with Gasteiger partial charge in [-0.1, -0.05) is 0 Å². The Morgan fingerprint density at radius 2 is 2.10 bits per heavy atom. The number of nitrogens with one attached hydrogen (secondary N) is 1. The summed E-state index contributed by atoms with van der Waals surface area (Å²) in [6, 6.07) is 1.08. The molecule has 10 heteroatoms. The molecule has 1 amide bonds. The summed E-state index contributed by atoms with van der Waals surface area (Å²) >= 11 is 0. The van der Waals surface area contributed by atoms with Crippen molar-refractivity contribution in [2.75, 3.05) is 18.1 Å². The molecule has 0 aliphatic carbocycles. The second kappa shape index (κ2) is 6.57. The second-order valence-electron chi connectivity index (χ2n) is 7.35. The molecule has 2 bridgehead atoms. The van der Waals surface area contributed by atoms with Crippen molar-refractivity contribution in [3.8, 4) is 11.6 Å². The van der Waals surface area contributed by atoms with Crippen molar-refractivity contribution in [2.24, 2.45) is 0 Å². The minimum Gasteiger partial charge on any atom is -0.486 e. The molecule has 2 atom stereocenters. The number of carbonyl (C=O) groups is 1. The first kappa shape index (κ1) is 17.7. The van der Waals surface area contributed by atoms with Gasteiger partial charge in [0.1, 0.15) is 24.6 Å². The third-order valence-corrected chi connectivity index (χ3v) is 5.05. The fourth-order valence-electron chi connectivity index (χ4n) is 3.54. The van der Waals surface area contributed by atoms with Crippen LogP contribution in [0.3, 0.4) is 0 Å². The number of ether oxygens (including phenoxy) is 2. The summed E-state index contributed by atoms with van der Waals surface area (Å²) in [6.07, 6.45) is 4.31. The molecular weight excluding hydrogens is 379 g/mol. The monoisotopic (exact) mass is 398 g/mol. The molecule has 3 aromatic rings. The first-order valence-corrected chi connectivity index (χ1v) is 9.35. The van der Waals surface area contributed by atoms with Gasteiger partial charge in [-0.2, -0.15) is 5.10 Å². The number of pyridine rings is 1. The van der Waals surface area contributed by atoms with Gasteiger partial charge in [-0.05, 0) is 19.9 Å². The molecule has 0 fully saturated rings. The first-order valence-electron chi connectivity index (χ1n) is 9.35. The van der Waals surface area contributed by atoms with E-state index in [-0.39, 0.29) is 24.6 Å². The Morgan fingerprint density at radius 1 is 1.24 bits per heavy atom. The summed E-state index contributed by atoms with van der Waals surface area (Å²) in [5.41, 5.74) is 1.38. The molecular formula is C19H19FN6O3. The van der Waals surface area contributed by atoms with Gasteiger partial charge in [-0.15, -0.1) is 0 Å². The van der Waals surface area contributed by atoms with E-state index in [1.54, 1.807) is 6.20 Å². The maximum Gasteiger partial charge on any atom is 0.257 e. The number of halogens is 1. The SMILES string of the molecule is CC1COc2ncc(F)cc2CN2c3nc4c(cnn4cc3OCC2C)C(=O)N1. The van der Waals surface area contributed by atoms with Crippen molar-refractivity contribution in [1.82, 2.24) is 24.9 Å². The van der Waals surface area contributed by atoms with Gasteiger partial charge in [0, 0.05) is 5.56 Å². The second-order valence-corrected chi connectivity index (χ2v) is 7.35. The number of amides is 1. The summed E-state index contributed by atoms with van der Waals surface area (Å²) in [4.78, 5) is 23.5. The van der Waals surface area contributed by atoms with Gasteiger partial charge >= 0.3 is 0 Å². The van der Waals surface area contributed by atoms with Crippen molar-refractivity contribution in [3.63, 3.8) is 0 Å². The van der Waals surface area contributed by atoms with Crippen LogP contribution in [-0.4, -0.2) is 50.8 Å². The Labute approximate surface area is 165 Å². The Bertz CT molecular complexity index is 1120. The molecule has 150 valence electrons. The topological polar surface area (TPSA) is 93.9 Å². The van der Waals surface area contributed by atoms with Crippen molar-refractivity contribution in [1.29, 1.82) is 0 Å². The van der Waals surface area contributed by atoms with E-state index < -0.39 is 5.82 Å². The number of nitrogens with zero attached hydrogens (tertiary/aromatic N) is 5. The minimum atomic E-state index is -0.444.